The number of nitrogens with zero attached hydrogens (tertiary/aromatic N) is 1. The zero-order chi connectivity index (χ0) is 27.8. The van der Waals surface area contributed by atoms with Crippen molar-refractivity contribution < 1.29 is 27.9 Å². The standard InChI is InChI=1S/C29H33N3O6S/c30-22-9-5-6-19(16-22)18-29(31,39(36,37)23-13-12-20-7-1-2-8-21(20)17-23)27(33)32-15-14-26(38-28(34)35)24-10-3-4-11-25(24)32/h1-2,5-9,12-13,16-17,24-26H,3-4,10-11,14-15,18,30-31H2,(H,34,35)/t24?,25?,26?,29-/m1/s1. The lowest BCUT2D eigenvalue weighted by molar-refractivity contribution is -0.145. The molecule has 2 fully saturated rings. The van der Waals surface area contributed by atoms with Gasteiger partial charge >= 0.3 is 6.16 Å². The van der Waals surface area contributed by atoms with Crippen LogP contribution in [0.4, 0.5) is 10.5 Å². The molecule has 5 N–H and O–H groups in total. The Hall–Kier alpha value is -3.63. The highest BCUT2D eigenvalue weighted by Crippen LogP contribution is 2.39. The first-order valence-electron chi connectivity index (χ1n) is 13.2. The van der Waals surface area contributed by atoms with Crippen molar-refractivity contribution in [3.63, 3.8) is 0 Å². The highest BCUT2D eigenvalue weighted by Gasteiger charge is 2.54. The molecule has 0 aromatic heterocycles. The highest BCUT2D eigenvalue weighted by atomic mass is 32.2. The van der Waals surface area contributed by atoms with Crippen LogP contribution in [-0.2, 0) is 25.8 Å². The molecule has 39 heavy (non-hydrogen) atoms. The predicted octanol–water partition coefficient (Wildman–Crippen LogP) is 3.95. The summed E-state index contributed by atoms with van der Waals surface area (Å²) >= 11 is 0. The number of sulfone groups is 1. The summed E-state index contributed by atoms with van der Waals surface area (Å²) in [6.07, 6.45) is 1.16. The highest BCUT2D eigenvalue weighted by molar-refractivity contribution is 7.93. The number of likely N-dealkylation sites (tertiary alicyclic amines) is 1. The van der Waals surface area contributed by atoms with Gasteiger partial charge in [-0.3, -0.25) is 4.79 Å². The quantitative estimate of drug-likeness (QED) is 0.308. The van der Waals surface area contributed by atoms with E-state index in [4.69, 9.17) is 16.2 Å². The number of carbonyl (C=O) groups is 2. The number of ether oxygens (including phenoxy) is 1. The van der Waals surface area contributed by atoms with E-state index >= 15 is 0 Å². The van der Waals surface area contributed by atoms with Crippen LogP contribution < -0.4 is 11.5 Å². The molecule has 3 aromatic rings. The lowest BCUT2D eigenvalue weighted by Crippen LogP contribution is -2.66. The molecule has 5 rings (SSSR count). The molecular weight excluding hydrogens is 518 g/mol. The van der Waals surface area contributed by atoms with E-state index in [1.165, 1.54) is 6.07 Å². The van der Waals surface area contributed by atoms with Crippen LogP contribution in [0.15, 0.2) is 71.6 Å². The lowest BCUT2D eigenvalue weighted by Gasteiger charge is -2.49. The number of carboxylic acid groups (broad SMARTS) is 1. The van der Waals surface area contributed by atoms with Crippen LogP contribution in [0.5, 0.6) is 0 Å². The number of benzene rings is 3. The zero-order valence-electron chi connectivity index (χ0n) is 21.5. The summed E-state index contributed by atoms with van der Waals surface area (Å²) in [4.78, 5) is 24.9. The first-order valence-corrected chi connectivity index (χ1v) is 14.7. The molecule has 9 nitrogen and oxygen atoms in total. The summed E-state index contributed by atoms with van der Waals surface area (Å²) in [5.41, 5.74) is 13.7. The van der Waals surface area contributed by atoms with Crippen LogP contribution >= 0.6 is 0 Å². The van der Waals surface area contributed by atoms with Crippen LogP contribution in [0.3, 0.4) is 0 Å². The number of carbonyl (C=O) groups excluding carboxylic acids is 1. The maximum absolute atomic E-state index is 14.4. The molecule has 0 spiro atoms. The summed E-state index contributed by atoms with van der Waals surface area (Å²) in [6, 6.07) is 18.5. The summed E-state index contributed by atoms with van der Waals surface area (Å²) < 4.78 is 33.8. The summed E-state index contributed by atoms with van der Waals surface area (Å²) in [6.45, 7) is 0.154. The van der Waals surface area contributed by atoms with E-state index in [2.05, 4.69) is 0 Å². The third-order valence-corrected chi connectivity index (χ3v) is 10.3. The SMILES string of the molecule is Nc1cccc(C[C@](N)(C(=O)N2CCC(OC(=O)O)C3CCCCC32)S(=O)(=O)c2ccc3ccccc3c2)c1. The van der Waals surface area contributed by atoms with Gasteiger partial charge in [-0.1, -0.05) is 55.3 Å². The molecule has 1 amide bonds. The summed E-state index contributed by atoms with van der Waals surface area (Å²) in [5.74, 6) is -0.906. The van der Waals surface area contributed by atoms with Gasteiger partial charge in [0.1, 0.15) is 6.10 Å². The second kappa shape index (κ2) is 10.5. The monoisotopic (exact) mass is 551 g/mol. The van der Waals surface area contributed by atoms with Gasteiger partial charge in [0.2, 0.25) is 14.7 Å². The smallest absolute Gasteiger partial charge is 0.450 e. The van der Waals surface area contributed by atoms with E-state index in [1.54, 1.807) is 41.3 Å². The molecule has 4 atom stereocenters. The molecule has 3 aromatic carbocycles. The number of nitrogen functional groups attached to an aromatic ring is 1. The Morgan fingerprint density at radius 3 is 2.46 bits per heavy atom. The van der Waals surface area contributed by atoms with E-state index in [1.807, 2.05) is 24.3 Å². The van der Waals surface area contributed by atoms with Gasteiger partial charge in [-0.2, -0.15) is 0 Å². The number of amides is 1. The molecule has 1 aliphatic carbocycles. The number of fused-ring (bicyclic) bond motifs is 2. The number of nitrogens with two attached hydrogens (primary N) is 2. The second-order valence-electron chi connectivity index (χ2n) is 10.5. The van der Waals surface area contributed by atoms with Crippen molar-refractivity contribution in [1.29, 1.82) is 0 Å². The fourth-order valence-corrected chi connectivity index (χ4v) is 7.87. The van der Waals surface area contributed by atoms with Gasteiger partial charge in [0, 0.05) is 37.0 Å². The first-order chi connectivity index (χ1) is 18.6. The largest absolute Gasteiger partial charge is 0.506 e. The minimum atomic E-state index is -4.40. The Bertz CT molecular complexity index is 1510. The average Bonchev–Trinajstić information content (AvgIpc) is 2.92. The van der Waals surface area contributed by atoms with Crippen molar-refractivity contribution >= 4 is 38.4 Å². The van der Waals surface area contributed by atoms with Crippen molar-refractivity contribution in [3.8, 4) is 0 Å². The van der Waals surface area contributed by atoms with Crippen LogP contribution in [0, 0.1) is 5.92 Å². The zero-order valence-corrected chi connectivity index (χ0v) is 22.3. The second-order valence-corrected chi connectivity index (χ2v) is 12.8. The molecule has 1 aliphatic heterocycles. The Labute approximate surface area is 227 Å². The minimum absolute atomic E-state index is 0.0368. The number of anilines is 1. The number of hydrogen-bond acceptors (Lipinski definition) is 7. The van der Waals surface area contributed by atoms with Crippen molar-refractivity contribution in [2.45, 2.75) is 60.4 Å². The Morgan fingerprint density at radius 2 is 1.72 bits per heavy atom. The third kappa shape index (κ3) is 5.06. The average molecular weight is 552 g/mol. The fraction of sp³-hybridized carbons (Fsp3) is 0.379. The molecule has 3 unspecified atom stereocenters. The van der Waals surface area contributed by atoms with E-state index in [0.29, 0.717) is 24.1 Å². The van der Waals surface area contributed by atoms with Gasteiger partial charge in [0.05, 0.1) is 4.90 Å². The predicted molar refractivity (Wildman–Crippen MR) is 148 cm³/mol. The van der Waals surface area contributed by atoms with Gasteiger partial charge in [0.15, 0.2) is 0 Å². The fourth-order valence-electron chi connectivity index (χ4n) is 6.21. The topological polar surface area (TPSA) is 153 Å². The van der Waals surface area contributed by atoms with Gasteiger partial charge in [-0.05, 0) is 53.4 Å². The molecule has 1 saturated heterocycles. The van der Waals surface area contributed by atoms with Gasteiger partial charge in [0.25, 0.3) is 5.91 Å². The number of piperidine rings is 1. The van der Waals surface area contributed by atoms with Crippen LogP contribution in [-0.4, -0.2) is 54.0 Å². The molecule has 1 heterocycles. The normalized spacial score (nSPS) is 23.0. The van der Waals surface area contributed by atoms with Crippen LogP contribution in [0.2, 0.25) is 0 Å². The molecule has 0 bridgehead atoms. The van der Waals surface area contributed by atoms with E-state index in [-0.39, 0.29) is 36.2 Å². The van der Waals surface area contributed by atoms with E-state index < -0.39 is 32.9 Å². The molecule has 10 heteroatoms. The molecular formula is C29H33N3O6S. The van der Waals surface area contributed by atoms with E-state index in [0.717, 1.165) is 23.6 Å². The van der Waals surface area contributed by atoms with Crippen LogP contribution in [0.1, 0.15) is 37.7 Å². The lowest BCUT2D eigenvalue weighted by atomic mass is 9.76. The van der Waals surface area contributed by atoms with Crippen LogP contribution in [0.25, 0.3) is 10.8 Å². The first kappa shape index (κ1) is 27.0. The summed E-state index contributed by atoms with van der Waals surface area (Å²) in [7, 11) is -4.40. The number of rotatable bonds is 6. The maximum atomic E-state index is 14.4. The third-order valence-electron chi connectivity index (χ3n) is 8.12. The molecule has 0 radical (unpaired) electrons. The Balaban J connectivity index is 1.57. The summed E-state index contributed by atoms with van der Waals surface area (Å²) in [5, 5.41) is 10.8. The van der Waals surface area contributed by atoms with Crippen molar-refractivity contribution in [1.82, 2.24) is 4.90 Å². The van der Waals surface area contributed by atoms with Gasteiger partial charge in [-0.15, -0.1) is 0 Å². The minimum Gasteiger partial charge on any atom is -0.450 e. The van der Waals surface area contributed by atoms with Crippen molar-refractivity contribution in [2.24, 2.45) is 11.7 Å². The molecule has 2 aliphatic rings. The Kier molecular flexibility index (Phi) is 7.26. The van der Waals surface area contributed by atoms with Gasteiger partial charge in [-0.25, -0.2) is 13.2 Å². The van der Waals surface area contributed by atoms with E-state index in [9.17, 15) is 23.1 Å². The van der Waals surface area contributed by atoms with Crippen molar-refractivity contribution in [2.75, 3.05) is 12.3 Å². The number of hydrogen-bond donors (Lipinski definition) is 3. The van der Waals surface area contributed by atoms with Gasteiger partial charge < -0.3 is 26.2 Å². The van der Waals surface area contributed by atoms with Crippen molar-refractivity contribution in [3.05, 3.63) is 72.3 Å². The Morgan fingerprint density at radius 1 is 0.974 bits per heavy atom. The maximum Gasteiger partial charge on any atom is 0.506 e. The molecule has 1 saturated carbocycles. The molecule has 206 valence electrons.